The zero-order valence-electron chi connectivity index (χ0n) is 11.2. The number of nitrogens with zero attached hydrogens (tertiary/aromatic N) is 1. The Kier molecular flexibility index (Phi) is 6.41. The van der Waals surface area contributed by atoms with Crippen LogP contribution in [0.2, 0.25) is 5.02 Å². The topological polar surface area (TPSA) is 68.5 Å². The Bertz CT molecular complexity index is 549. The number of carbonyl (C=O) groups is 1. The number of hydrogen-bond acceptors (Lipinski definition) is 5. The van der Waals surface area contributed by atoms with E-state index in [0.717, 1.165) is 0 Å². The van der Waals surface area contributed by atoms with Gasteiger partial charge in [-0.25, -0.2) is 4.79 Å². The summed E-state index contributed by atoms with van der Waals surface area (Å²) in [7, 11) is 1.50. The molecular formula is C14H14ClNO4. The van der Waals surface area contributed by atoms with Crippen molar-refractivity contribution in [3.8, 4) is 17.6 Å². The maximum absolute atomic E-state index is 11.2. The summed E-state index contributed by atoms with van der Waals surface area (Å²) in [5, 5.41) is 8.67. The van der Waals surface area contributed by atoms with Crippen molar-refractivity contribution in [3.05, 3.63) is 28.8 Å². The van der Waals surface area contributed by atoms with Crippen LogP contribution in [0.15, 0.2) is 18.2 Å². The largest absolute Gasteiger partial charge is 0.493 e. The summed E-state index contributed by atoms with van der Waals surface area (Å²) in [6.07, 6.45) is 2.73. The lowest BCUT2D eigenvalue weighted by atomic mass is 10.2. The van der Waals surface area contributed by atoms with Gasteiger partial charge < -0.3 is 14.2 Å². The van der Waals surface area contributed by atoms with Gasteiger partial charge in [0.2, 0.25) is 0 Å². The van der Waals surface area contributed by atoms with Gasteiger partial charge in [0, 0.05) is 6.08 Å². The molecule has 0 spiro atoms. The van der Waals surface area contributed by atoms with Crippen molar-refractivity contribution in [1.29, 1.82) is 5.26 Å². The standard InChI is InChI=1S/C14H14ClNO4/c1-3-19-14-11(15)8-10(9-12(14)18-2)4-5-13(17)20-7-6-16/h4-5,8-9H,3,7H2,1-2H3/b5-4+. The lowest BCUT2D eigenvalue weighted by Crippen LogP contribution is -2.00. The van der Waals surface area contributed by atoms with E-state index in [1.54, 1.807) is 18.2 Å². The normalized spacial score (nSPS) is 10.1. The van der Waals surface area contributed by atoms with Crippen molar-refractivity contribution in [1.82, 2.24) is 0 Å². The first-order valence-electron chi connectivity index (χ1n) is 5.84. The number of rotatable bonds is 6. The van der Waals surface area contributed by atoms with Crippen LogP contribution in [0.5, 0.6) is 11.5 Å². The maximum atomic E-state index is 11.2. The van der Waals surface area contributed by atoms with E-state index in [1.807, 2.05) is 6.92 Å². The van der Waals surface area contributed by atoms with Gasteiger partial charge in [-0.1, -0.05) is 11.6 Å². The van der Waals surface area contributed by atoms with E-state index in [0.29, 0.717) is 28.7 Å². The molecule has 1 aromatic rings. The Labute approximate surface area is 122 Å². The molecule has 0 aliphatic carbocycles. The number of hydrogen-bond donors (Lipinski definition) is 0. The second-order valence-electron chi connectivity index (χ2n) is 3.57. The molecule has 0 aliphatic rings. The van der Waals surface area contributed by atoms with Crippen molar-refractivity contribution >= 4 is 23.6 Å². The molecule has 6 heteroatoms. The molecule has 106 valence electrons. The highest BCUT2D eigenvalue weighted by Gasteiger charge is 2.10. The average molecular weight is 296 g/mol. The summed E-state index contributed by atoms with van der Waals surface area (Å²) >= 11 is 6.09. The minimum atomic E-state index is -0.601. The molecule has 0 amide bonds. The molecule has 0 unspecified atom stereocenters. The number of benzene rings is 1. The van der Waals surface area contributed by atoms with Crippen LogP contribution in [-0.4, -0.2) is 26.3 Å². The Balaban J connectivity index is 2.92. The molecule has 5 nitrogen and oxygen atoms in total. The van der Waals surface area contributed by atoms with Gasteiger partial charge in [0.05, 0.1) is 18.7 Å². The second kappa shape index (κ2) is 8.08. The molecule has 0 saturated heterocycles. The van der Waals surface area contributed by atoms with Crippen LogP contribution in [0.25, 0.3) is 6.08 Å². The van der Waals surface area contributed by atoms with Crippen LogP contribution in [0.3, 0.4) is 0 Å². The predicted molar refractivity (Wildman–Crippen MR) is 74.8 cm³/mol. The summed E-state index contributed by atoms with van der Waals surface area (Å²) < 4.78 is 15.2. The van der Waals surface area contributed by atoms with Gasteiger partial charge in [0.25, 0.3) is 0 Å². The van der Waals surface area contributed by atoms with Gasteiger partial charge in [-0.2, -0.15) is 5.26 Å². The fourth-order valence-electron chi connectivity index (χ4n) is 1.44. The molecule has 0 fully saturated rings. The van der Waals surface area contributed by atoms with Gasteiger partial charge in [-0.3, -0.25) is 0 Å². The van der Waals surface area contributed by atoms with Crippen LogP contribution in [0.4, 0.5) is 0 Å². The van der Waals surface area contributed by atoms with Gasteiger partial charge >= 0.3 is 5.97 Å². The monoisotopic (exact) mass is 295 g/mol. The van der Waals surface area contributed by atoms with Crippen molar-refractivity contribution in [2.24, 2.45) is 0 Å². The zero-order valence-corrected chi connectivity index (χ0v) is 11.9. The van der Waals surface area contributed by atoms with Gasteiger partial charge in [0.1, 0.15) is 6.07 Å². The van der Waals surface area contributed by atoms with E-state index in [1.165, 1.54) is 19.3 Å². The maximum Gasteiger partial charge on any atom is 0.331 e. The summed E-state index contributed by atoms with van der Waals surface area (Å²) in [6, 6.07) is 5.04. The smallest absolute Gasteiger partial charge is 0.331 e. The number of halogens is 1. The predicted octanol–water partition coefficient (Wildman–Crippen LogP) is 2.83. The number of carbonyl (C=O) groups excluding carboxylic acids is 1. The van der Waals surface area contributed by atoms with E-state index in [-0.39, 0.29) is 6.61 Å². The lowest BCUT2D eigenvalue weighted by Gasteiger charge is -2.11. The Morgan fingerprint density at radius 2 is 2.25 bits per heavy atom. The van der Waals surface area contributed by atoms with Gasteiger partial charge in [-0.05, 0) is 30.7 Å². The van der Waals surface area contributed by atoms with Crippen LogP contribution in [0.1, 0.15) is 12.5 Å². The number of nitriles is 1. The molecule has 0 aliphatic heterocycles. The lowest BCUT2D eigenvalue weighted by molar-refractivity contribution is -0.136. The van der Waals surface area contributed by atoms with E-state index in [2.05, 4.69) is 4.74 Å². The molecule has 0 atom stereocenters. The van der Waals surface area contributed by atoms with Crippen molar-refractivity contribution in [3.63, 3.8) is 0 Å². The highest BCUT2D eigenvalue weighted by molar-refractivity contribution is 6.32. The summed E-state index contributed by atoms with van der Waals surface area (Å²) in [5.41, 5.74) is 0.657. The van der Waals surface area contributed by atoms with Crippen LogP contribution >= 0.6 is 11.6 Å². The van der Waals surface area contributed by atoms with Crippen molar-refractivity contribution in [2.45, 2.75) is 6.92 Å². The van der Waals surface area contributed by atoms with Crippen LogP contribution < -0.4 is 9.47 Å². The molecule has 0 saturated carbocycles. The Morgan fingerprint density at radius 3 is 2.85 bits per heavy atom. The molecule has 0 N–H and O–H groups in total. The zero-order chi connectivity index (χ0) is 15.0. The molecule has 1 aromatic carbocycles. The first kappa shape index (κ1) is 15.9. The number of ether oxygens (including phenoxy) is 3. The molecule has 0 heterocycles. The summed E-state index contributed by atoms with van der Waals surface area (Å²) in [4.78, 5) is 11.2. The first-order chi connectivity index (χ1) is 9.62. The Hall–Kier alpha value is -2.19. The average Bonchev–Trinajstić information content (AvgIpc) is 2.45. The summed E-state index contributed by atoms with van der Waals surface area (Å²) in [5.74, 6) is 0.334. The third kappa shape index (κ3) is 4.48. The Morgan fingerprint density at radius 1 is 1.50 bits per heavy atom. The molecule has 20 heavy (non-hydrogen) atoms. The quantitative estimate of drug-likeness (QED) is 0.596. The molecule has 0 aromatic heterocycles. The third-order valence-corrected chi connectivity index (χ3v) is 2.51. The minimum absolute atomic E-state index is 0.281. The van der Waals surface area contributed by atoms with E-state index < -0.39 is 5.97 Å². The van der Waals surface area contributed by atoms with E-state index in [9.17, 15) is 4.79 Å². The third-order valence-electron chi connectivity index (χ3n) is 2.23. The van der Waals surface area contributed by atoms with E-state index >= 15 is 0 Å². The van der Waals surface area contributed by atoms with E-state index in [4.69, 9.17) is 26.3 Å². The minimum Gasteiger partial charge on any atom is -0.493 e. The number of methoxy groups -OCH3 is 1. The van der Waals surface area contributed by atoms with Crippen molar-refractivity contribution < 1.29 is 19.0 Å². The second-order valence-corrected chi connectivity index (χ2v) is 3.97. The van der Waals surface area contributed by atoms with Gasteiger partial charge in [0.15, 0.2) is 18.1 Å². The number of esters is 1. The fourth-order valence-corrected chi connectivity index (χ4v) is 1.71. The summed E-state index contributed by atoms with van der Waals surface area (Å²) in [6.45, 7) is 2.02. The van der Waals surface area contributed by atoms with Crippen LogP contribution in [0, 0.1) is 11.3 Å². The molecule has 0 bridgehead atoms. The van der Waals surface area contributed by atoms with Crippen molar-refractivity contribution in [2.75, 3.05) is 20.3 Å². The highest BCUT2D eigenvalue weighted by atomic mass is 35.5. The molecule has 0 radical (unpaired) electrons. The SMILES string of the molecule is CCOc1c(Cl)cc(/C=C/C(=O)OCC#N)cc1OC. The first-order valence-corrected chi connectivity index (χ1v) is 6.22. The molecule has 1 rings (SSSR count). The highest BCUT2D eigenvalue weighted by Crippen LogP contribution is 2.36. The fraction of sp³-hybridized carbons (Fsp3) is 0.286. The molecular weight excluding hydrogens is 282 g/mol. The van der Waals surface area contributed by atoms with Gasteiger partial charge in [-0.15, -0.1) is 0 Å². The van der Waals surface area contributed by atoms with Crippen LogP contribution in [-0.2, 0) is 9.53 Å².